The average Bonchev–Trinajstić information content (AvgIpc) is 2.96. The van der Waals surface area contributed by atoms with Crippen molar-refractivity contribution in [2.45, 2.75) is 43.7 Å². The number of alkyl halides is 3. The van der Waals surface area contributed by atoms with Gasteiger partial charge in [-0.25, -0.2) is 0 Å². The van der Waals surface area contributed by atoms with Gasteiger partial charge in [0.25, 0.3) is 5.91 Å². The lowest BCUT2D eigenvalue weighted by molar-refractivity contribution is -0.142. The van der Waals surface area contributed by atoms with E-state index in [9.17, 15) is 22.2 Å². The summed E-state index contributed by atoms with van der Waals surface area (Å²) < 4.78 is 52.0. The topological polar surface area (TPSA) is 75.2 Å². The van der Waals surface area contributed by atoms with Crippen molar-refractivity contribution in [3.05, 3.63) is 41.1 Å². The number of rotatable bonds is 4. The van der Waals surface area contributed by atoms with E-state index >= 15 is 0 Å². The van der Waals surface area contributed by atoms with E-state index in [2.05, 4.69) is 15.5 Å². The Kier molecular flexibility index (Phi) is 6.74. The standard InChI is InChI=1S/C20H23F3N4O2S/c1-13-16(19(28)24-14-8-7-9-15(12-14)30(2)29)18(26-25-17(13)20(21,22)23)27-10-5-3-4-6-11-27/h7-9,12H,3-6,10-11H2,1-2H3,(H,24,28)/t30-/m0/s1. The first-order valence-electron chi connectivity index (χ1n) is 9.62. The number of amides is 1. The summed E-state index contributed by atoms with van der Waals surface area (Å²) in [5.41, 5.74) is -1.22. The summed E-state index contributed by atoms with van der Waals surface area (Å²) in [6.45, 7) is 2.44. The molecule has 1 aliphatic rings. The Balaban J connectivity index is 2.04. The average molecular weight is 440 g/mol. The predicted octanol–water partition coefficient (Wildman–Crippen LogP) is 4.17. The van der Waals surface area contributed by atoms with Crippen molar-refractivity contribution in [1.29, 1.82) is 0 Å². The molecule has 1 atom stereocenters. The summed E-state index contributed by atoms with van der Waals surface area (Å²) in [6.07, 6.45) is 0.561. The highest BCUT2D eigenvalue weighted by Crippen LogP contribution is 2.34. The first-order chi connectivity index (χ1) is 14.2. The zero-order valence-corrected chi connectivity index (χ0v) is 17.6. The van der Waals surface area contributed by atoms with Crippen LogP contribution in [0.5, 0.6) is 0 Å². The van der Waals surface area contributed by atoms with Crippen molar-refractivity contribution in [3.63, 3.8) is 0 Å². The Morgan fingerprint density at radius 3 is 2.40 bits per heavy atom. The second kappa shape index (κ2) is 9.11. The summed E-state index contributed by atoms with van der Waals surface area (Å²) in [7, 11) is -1.26. The fourth-order valence-corrected chi connectivity index (χ4v) is 4.06. The van der Waals surface area contributed by atoms with Gasteiger partial charge in [-0.05, 0) is 43.5 Å². The fourth-order valence-electron chi connectivity index (χ4n) is 3.50. The van der Waals surface area contributed by atoms with E-state index in [1.165, 1.54) is 19.2 Å². The van der Waals surface area contributed by atoms with Crippen molar-refractivity contribution in [3.8, 4) is 0 Å². The zero-order valence-electron chi connectivity index (χ0n) is 16.8. The minimum Gasteiger partial charge on any atom is -0.354 e. The number of carbonyl (C=O) groups is 1. The van der Waals surface area contributed by atoms with Crippen LogP contribution in [0.15, 0.2) is 29.2 Å². The van der Waals surface area contributed by atoms with E-state index < -0.39 is 28.6 Å². The summed E-state index contributed by atoms with van der Waals surface area (Å²) in [4.78, 5) is 15.4. The van der Waals surface area contributed by atoms with Crippen LogP contribution in [0.1, 0.15) is 47.3 Å². The molecule has 0 radical (unpaired) electrons. The van der Waals surface area contributed by atoms with Crippen LogP contribution in [0, 0.1) is 6.92 Å². The van der Waals surface area contributed by atoms with Crippen molar-refractivity contribution >= 4 is 28.2 Å². The molecule has 1 aromatic heterocycles. The number of hydrogen-bond acceptors (Lipinski definition) is 5. The molecule has 6 nitrogen and oxygen atoms in total. The van der Waals surface area contributed by atoms with E-state index in [4.69, 9.17) is 0 Å². The third-order valence-electron chi connectivity index (χ3n) is 5.02. The monoisotopic (exact) mass is 440 g/mol. The fraction of sp³-hybridized carbons (Fsp3) is 0.450. The van der Waals surface area contributed by atoms with E-state index in [0.717, 1.165) is 25.7 Å². The molecular formula is C20H23F3N4O2S. The predicted molar refractivity (Wildman–Crippen MR) is 109 cm³/mol. The Hall–Kier alpha value is -2.49. The van der Waals surface area contributed by atoms with Gasteiger partial charge in [-0.1, -0.05) is 18.9 Å². The van der Waals surface area contributed by atoms with Gasteiger partial charge in [0.2, 0.25) is 0 Å². The maximum absolute atomic E-state index is 13.4. The molecule has 1 fully saturated rings. The van der Waals surface area contributed by atoms with Crippen LogP contribution in [0.3, 0.4) is 0 Å². The van der Waals surface area contributed by atoms with Gasteiger partial charge in [0, 0.05) is 40.7 Å². The lowest BCUT2D eigenvalue weighted by atomic mass is 10.1. The Morgan fingerprint density at radius 1 is 1.13 bits per heavy atom. The van der Waals surface area contributed by atoms with Crippen molar-refractivity contribution < 1.29 is 22.2 Å². The largest absolute Gasteiger partial charge is 0.435 e. The molecule has 0 spiro atoms. The summed E-state index contributed by atoms with van der Waals surface area (Å²) in [5, 5.41) is 9.86. The molecule has 3 rings (SSSR count). The summed E-state index contributed by atoms with van der Waals surface area (Å²) >= 11 is 0. The molecule has 0 saturated carbocycles. The van der Waals surface area contributed by atoms with Crippen LogP contribution in [0.2, 0.25) is 0 Å². The van der Waals surface area contributed by atoms with Crippen molar-refractivity contribution in [2.75, 3.05) is 29.6 Å². The molecule has 1 saturated heterocycles. The highest BCUT2D eigenvalue weighted by atomic mass is 32.2. The van der Waals surface area contributed by atoms with Gasteiger partial charge in [0.15, 0.2) is 11.5 Å². The number of nitrogens with zero attached hydrogens (tertiary/aromatic N) is 3. The zero-order chi connectivity index (χ0) is 21.9. The molecule has 1 aliphatic heterocycles. The number of hydrogen-bond donors (Lipinski definition) is 1. The maximum atomic E-state index is 13.4. The normalized spacial score (nSPS) is 16.1. The number of carbonyl (C=O) groups excluding carboxylic acids is 1. The third kappa shape index (κ3) is 4.97. The number of anilines is 2. The molecule has 1 aromatic carbocycles. The minimum atomic E-state index is -4.72. The Bertz CT molecular complexity index is 958. The van der Waals surface area contributed by atoms with Crippen LogP contribution in [0.4, 0.5) is 24.7 Å². The number of aromatic nitrogens is 2. The van der Waals surface area contributed by atoms with E-state index in [-0.39, 0.29) is 16.9 Å². The quantitative estimate of drug-likeness (QED) is 0.772. The van der Waals surface area contributed by atoms with Gasteiger partial charge in [-0.2, -0.15) is 13.2 Å². The van der Waals surface area contributed by atoms with Crippen LogP contribution >= 0.6 is 0 Å². The van der Waals surface area contributed by atoms with Gasteiger partial charge in [-0.15, -0.1) is 10.2 Å². The number of benzene rings is 1. The number of nitrogens with one attached hydrogen (secondary N) is 1. The second-order valence-electron chi connectivity index (χ2n) is 7.21. The molecule has 1 amide bonds. The smallest absolute Gasteiger partial charge is 0.354 e. The van der Waals surface area contributed by atoms with Crippen molar-refractivity contribution in [1.82, 2.24) is 10.2 Å². The second-order valence-corrected chi connectivity index (χ2v) is 8.59. The molecule has 0 unspecified atom stereocenters. The van der Waals surface area contributed by atoms with Gasteiger partial charge in [-0.3, -0.25) is 9.00 Å². The maximum Gasteiger partial charge on any atom is 0.435 e. The lowest BCUT2D eigenvalue weighted by Gasteiger charge is -2.25. The highest BCUT2D eigenvalue weighted by Gasteiger charge is 2.38. The summed E-state index contributed by atoms with van der Waals surface area (Å²) in [6, 6.07) is 6.40. The first-order valence-corrected chi connectivity index (χ1v) is 11.2. The van der Waals surface area contributed by atoms with Gasteiger partial charge >= 0.3 is 6.18 Å². The Morgan fingerprint density at radius 2 is 1.80 bits per heavy atom. The van der Waals surface area contributed by atoms with Crippen LogP contribution < -0.4 is 10.2 Å². The van der Waals surface area contributed by atoms with Crippen molar-refractivity contribution in [2.24, 2.45) is 0 Å². The molecule has 2 aromatic rings. The van der Waals surface area contributed by atoms with Crippen LogP contribution in [0.25, 0.3) is 0 Å². The van der Waals surface area contributed by atoms with E-state index in [1.54, 1.807) is 18.2 Å². The first kappa shape index (κ1) is 22.2. The van der Waals surface area contributed by atoms with Gasteiger partial charge < -0.3 is 10.2 Å². The highest BCUT2D eigenvalue weighted by molar-refractivity contribution is 7.84. The molecule has 162 valence electrons. The summed E-state index contributed by atoms with van der Waals surface area (Å²) in [5.74, 6) is -0.540. The Labute approximate surface area is 175 Å². The van der Waals surface area contributed by atoms with E-state index in [1.807, 2.05) is 4.90 Å². The molecule has 1 N–H and O–H groups in total. The third-order valence-corrected chi connectivity index (χ3v) is 5.94. The van der Waals surface area contributed by atoms with Gasteiger partial charge in [0.1, 0.15) is 0 Å². The van der Waals surface area contributed by atoms with Crippen LogP contribution in [-0.4, -0.2) is 39.7 Å². The minimum absolute atomic E-state index is 0.137. The SMILES string of the molecule is Cc1c(C(F)(F)F)nnc(N2CCCCCC2)c1C(=O)Nc1cccc([S@](C)=O)c1. The molecule has 2 heterocycles. The molecule has 30 heavy (non-hydrogen) atoms. The molecule has 0 bridgehead atoms. The molecule has 10 heteroatoms. The molecular weight excluding hydrogens is 417 g/mol. The lowest BCUT2D eigenvalue weighted by Crippen LogP contribution is -2.30. The van der Waals surface area contributed by atoms with Crippen LogP contribution in [-0.2, 0) is 17.0 Å². The van der Waals surface area contributed by atoms with Gasteiger partial charge in [0.05, 0.1) is 5.56 Å². The number of halogens is 3. The molecule has 0 aliphatic carbocycles. The van der Waals surface area contributed by atoms with E-state index in [0.29, 0.717) is 23.7 Å².